The predicted octanol–water partition coefficient (Wildman–Crippen LogP) is 3.06. The van der Waals surface area contributed by atoms with E-state index < -0.39 is 11.6 Å². The van der Waals surface area contributed by atoms with Crippen LogP contribution in [0.15, 0.2) is 78.9 Å². The van der Waals surface area contributed by atoms with Crippen LogP contribution in [0, 0.1) is 0 Å². The van der Waals surface area contributed by atoms with Crippen molar-refractivity contribution in [2.45, 2.75) is 5.60 Å². The largest absolute Gasteiger partial charge is 0.491 e. The molecule has 0 radical (unpaired) electrons. The van der Waals surface area contributed by atoms with Crippen LogP contribution in [0.2, 0.25) is 0 Å². The smallest absolute Gasteiger partial charge is 0.335 e. The average molecular weight is 408 g/mol. The molecule has 0 amide bonds. The van der Waals surface area contributed by atoms with Crippen LogP contribution in [-0.2, 0) is 10.3 Å². The van der Waals surface area contributed by atoms with Gasteiger partial charge in [-0.05, 0) is 41.0 Å². The molecule has 0 bridgehead atoms. The third kappa shape index (κ3) is 4.52. The van der Waals surface area contributed by atoms with E-state index in [0.717, 1.165) is 11.1 Å². The lowest BCUT2D eigenvalue weighted by Crippen LogP contribution is -2.34. The molecule has 6 heteroatoms. The summed E-state index contributed by atoms with van der Waals surface area (Å²) in [6.07, 6.45) is 0. The van der Waals surface area contributed by atoms with Crippen molar-refractivity contribution in [2.24, 2.45) is 0 Å². The number of benzene rings is 3. The van der Waals surface area contributed by atoms with E-state index in [0.29, 0.717) is 11.3 Å². The third-order valence-corrected chi connectivity index (χ3v) is 4.73. The Labute approximate surface area is 175 Å². The van der Waals surface area contributed by atoms with Gasteiger partial charge in [-0.3, -0.25) is 0 Å². The Kier molecular flexibility index (Phi) is 7.19. The second kappa shape index (κ2) is 10.0. The minimum atomic E-state index is -1.10. The van der Waals surface area contributed by atoms with Gasteiger partial charge < -0.3 is 24.8 Å². The Balaban J connectivity index is 2.22. The van der Waals surface area contributed by atoms with Crippen molar-refractivity contribution in [3.05, 3.63) is 101 Å². The van der Waals surface area contributed by atoms with Crippen LogP contribution in [0.25, 0.3) is 0 Å². The fourth-order valence-electron chi connectivity index (χ4n) is 3.44. The molecule has 0 fully saturated rings. The van der Waals surface area contributed by atoms with Crippen LogP contribution in [0.4, 0.5) is 0 Å². The van der Waals surface area contributed by atoms with Gasteiger partial charge in [-0.1, -0.05) is 54.6 Å². The molecule has 1 unspecified atom stereocenters. The van der Waals surface area contributed by atoms with Crippen molar-refractivity contribution in [3.63, 3.8) is 0 Å². The maximum absolute atomic E-state index is 11.3. The summed E-state index contributed by atoms with van der Waals surface area (Å²) in [5.74, 6) is -0.445. The molecular formula is C24H24O6. The predicted molar refractivity (Wildman–Crippen MR) is 112 cm³/mol. The maximum atomic E-state index is 11.3. The van der Waals surface area contributed by atoms with E-state index >= 15 is 0 Å². The summed E-state index contributed by atoms with van der Waals surface area (Å²) in [7, 11) is 0. The van der Waals surface area contributed by atoms with E-state index in [9.17, 15) is 15.0 Å². The zero-order valence-electron chi connectivity index (χ0n) is 16.4. The van der Waals surface area contributed by atoms with Crippen LogP contribution in [0.5, 0.6) is 5.75 Å². The number of ether oxygens (including phenoxy) is 2. The van der Waals surface area contributed by atoms with Gasteiger partial charge in [0.25, 0.3) is 0 Å². The first-order valence-electron chi connectivity index (χ1n) is 9.60. The summed E-state index contributed by atoms with van der Waals surface area (Å²) in [5.41, 5.74) is 1.36. The molecule has 3 rings (SSSR count). The molecule has 0 aromatic heterocycles. The van der Waals surface area contributed by atoms with Crippen molar-refractivity contribution < 1.29 is 29.6 Å². The number of hydrogen-bond donors (Lipinski definition) is 3. The second-order valence-electron chi connectivity index (χ2n) is 6.60. The number of carboxylic acid groups (broad SMARTS) is 1. The van der Waals surface area contributed by atoms with Gasteiger partial charge in [0.05, 0.1) is 25.4 Å². The monoisotopic (exact) mass is 408 g/mol. The molecule has 3 aromatic rings. The highest BCUT2D eigenvalue weighted by molar-refractivity contribution is 5.87. The fourth-order valence-corrected chi connectivity index (χ4v) is 3.44. The molecule has 1 atom stereocenters. The molecule has 3 aromatic carbocycles. The molecule has 0 aliphatic heterocycles. The number of carbonyl (C=O) groups is 1. The molecule has 3 N–H and O–H groups in total. The second-order valence-corrected chi connectivity index (χ2v) is 6.60. The highest BCUT2D eigenvalue weighted by Crippen LogP contribution is 2.41. The molecule has 0 saturated heterocycles. The van der Waals surface area contributed by atoms with Gasteiger partial charge in [0, 0.05) is 0 Å². The summed E-state index contributed by atoms with van der Waals surface area (Å²) in [5, 5.41) is 27.8. The molecule has 0 spiro atoms. The number of hydrogen-bond acceptors (Lipinski definition) is 5. The van der Waals surface area contributed by atoms with Gasteiger partial charge in [0.15, 0.2) is 0 Å². The van der Waals surface area contributed by atoms with Gasteiger partial charge in [0.2, 0.25) is 0 Å². The molecule has 156 valence electrons. The van der Waals surface area contributed by atoms with E-state index in [1.807, 2.05) is 48.5 Å². The van der Waals surface area contributed by atoms with E-state index in [2.05, 4.69) is 0 Å². The van der Waals surface area contributed by atoms with Gasteiger partial charge in [0.1, 0.15) is 18.0 Å². The number of aliphatic hydroxyl groups is 2. The summed E-state index contributed by atoms with van der Waals surface area (Å²) in [6, 6.07) is 23.3. The normalized spacial score (nSPS) is 12.9. The number of carboxylic acids is 1. The van der Waals surface area contributed by atoms with Crippen molar-refractivity contribution >= 4 is 5.97 Å². The van der Waals surface area contributed by atoms with Crippen LogP contribution in [0.3, 0.4) is 0 Å². The topological polar surface area (TPSA) is 96.2 Å². The van der Waals surface area contributed by atoms with Crippen molar-refractivity contribution in [2.75, 3.05) is 26.4 Å². The zero-order chi connectivity index (χ0) is 21.4. The highest BCUT2D eigenvalue weighted by Gasteiger charge is 2.38. The summed E-state index contributed by atoms with van der Waals surface area (Å²) < 4.78 is 11.9. The Bertz CT molecular complexity index is 955. The first-order chi connectivity index (χ1) is 14.6. The van der Waals surface area contributed by atoms with Gasteiger partial charge in [-0.25, -0.2) is 4.79 Å². The average Bonchev–Trinajstić information content (AvgIpc) is 2.79. The van der Waals surface area contributed by atoms with Gasteiger partial charge in [-0.15, -0.1) is 0 Å². The third-order valence-electron chi connectivity index (χ3n) is 4.73. The Hall–Kier alpha value is -3.19. The number of rotatable bonds is 10. The van der Waals surface area contributed by atoms with E-state index in [-0.39, 0.29) is 32.0 Å². The molecule has 0 aliphatic carbocycles. The van der Waals surface area contributed by atoms with E-state index in [1.165, 1.54) is 12.1 Å². The Morgan fingerprint density at radius 1 is 0.767 bits per heavy atom. The summed E-state index contributed by atoms with van der Waals surface area (Å²) >= 11 is 0. The Morgan fingerprint density at radius 3 is 2.03 bits per heavy atom. The van der Waals surface area contributed by atoms with Crippen LogP contribution in [-0.4, -0.2) is 47.7 Å². The molecule has 30 heavy (non-hydrogen) atoms. The SMILES string of the molecule is O=C(O)c1ccc(C(OCCO)(c2ccccc2)c2cccc(OCCO)c2)cc1. The summed E-state index contributed by atoms with van der Waals surface area (Å²) in [4.78, 5) is 11.3. The van der Waals surface area contributed by atoms with Gasteiger partial charge >= 0.3 is 5.97 Å². The zero-order valence-corrected chi connectivity index (χ0v) is 16.4. The van der Waals surface area contributed by atoms with Crippen LogP contribution >= 0.6 is 0 Å². The quantitative estimate of drug-likeness (QED) is 0.446. The van der Waals surface area contributed by atoms with Crippen LogP contribution < -0.4 is 4.74 Å². The number of aliphatic hydroxyl groups excluding tert-OH is 2. The minimum Gasteiger partial charge on any atom is -0.491 e. The lowest BCUT2D eigenvalue weighted by Gasteiger charge is -2.36. The molecular weight excluding hydrogens is 384 g/mol. The molecule has 0 heterocycles. The minimum absolute atomic E-state index is 0.0668. The first-order valence-corrected chi connectivity index (χ1v) is 9.60. The van der Waals surface area contributed by atoms with Crippen LogP contribution in [0.1, 0.15) is 27.0 Å². The molecule has 0 aliphatic rings. The van der Waals surface area contributed by atoms with Gasteiger partial charge in [-0.2, -0.15) is 0 Å². The molecule has 6 nitrogen and oxygen atoms in total. The fraction of sp³-hybridized carbons (Fsp3) is 0.208. The Morgan fingerprint density at radius 2 is 1.40 bits per heavy atom. The first kappa shape index (κ1) is 21.5. The van der Waals surface area contributed by atoms with E-state index in [4.69, 9.17) is 14.6 Å². The number of aromatic carboxylic acids is 1. The van der Waals surface area contributed by atoms with Crippen molar-refractivity contribution in [1.29, 1.82) is 0 Å². The van der Waals surface area contributed by atoms with Crippen molar-refractivity contribution in [3.8, 4) is 5.75 Å². The van der Waals surface area contributed by atoms with Crippen molar-refractivity contribution in [1.82, 2.24) is 0 Å². The van der Waals surface area contributed by atoms with E-state index in [1.54, 1.807) is 18.2 Å². The lowest BCUT2D eigenvalue weighted by molar-refractivity contribution is -0.00659. The standard InChI is InChI=1S/C24H24O6/c25-13-15-29-22-8-4-7-21(17-22)24(30-16-14-26,19-5-2-1-3-6-19)20-11-9-18(10-12-20)23(27)28/h1-12,17,25-26H,13-16H2,(H,27,28). The lowest BCUT2D eigenvalue weighted by atomic mass is 9.79. The molecule has 0 saturated carbocycles. The summed E-state index contributed by atoms with van der Waals surface area (Å²) in [6.45, 7) is -0.0574. The highest BCUT2D eigenvalue weighted by atomic mass is 16.5. The maximum Gasteiger partial charge on any atom is 0.335 e.